The summed E-state index contributed by atoms with van der Waals surface area (Å²) in [5, 5.41) is 0. The van der Waals surface area contributed by atoms with E-state index in [0.717, 1.165) is 12.8 Å². The number of nitrogens with zero attached hydrogens (tertiary/aromatic N) is 2. The molecular weight excluding hydrogens is 254 g/mol. The third-order valence-corrected chi connectivity index (χ3v) is 4.01. The predicted octanol–water partition coefficient (Wildman–Crippen LogP) is 1.22. The lowest BCUT2D eigenvalue weighted by molar-refractivity contribution is -0.143. The average Bonchev–Trinajstić information content (AvgIpc) is 2.42. The van der Waals surface area contributed by atoms with Crippen LogP contribution >= 0.6 is 0 Å². The highest BCUT2D eigenvalue weighted by Crippen LogP contribution is 2.14. The highest BCUT2D eigenvalue weighted by Gasteiger charge is 2.31. The van der Waals surface area contributed by atoms with E-state index in [0.29, 0.717) is 26.1 Å². The number of nitrogens with two attached hydrogens (primary N) is 1. The lowest BCUT2D eigenvalue weighted by atomic mass is 10.0. The molecule has 5 heteroatoms. The Balaban J connectivity index is 2.54. The van der Waals surface area contributed by atoms with Gasteiger partial charge < -0.3 is 15.5 Å². The number of rotatable bonds is 5. The fourth-order valence-corrected chi connectivity index (χ4v) is 2.50. The Bertz CT molecular complexity index is 344. The van der Waals surface area contributed by atoms with Crippen molar-refractivity contribution >= 4 is 11.8 Å². The van der Waals surface area contributed by atoms with Gasteiger partial charge in [0.1, 0.15) is 0 Å². The molecule has 0 aromatic heterocycles. The zero-order chi connectivity index (χ0) is 15.3. The summed E-state index contributed by atoms with van der Waals surface area (Å²) in [6, 6.07) is -0.360. The van der Waals surface area contributed by atoms with Gasteiger partial charge in [0.25, 0.3) is 0 Å². The standard InChI is InChI=1S/C15H29N3O2/c1-5-6-7-13(19)18-9-8-17(10-12(18)4)15(20)14(16)11(2)3/h11-12,14H,5-10,16H2,1-4H3. The SMILES string of the molecule is CCCCC(=O)N1CCN(C(=O)C(N)C(C)C)CC1C. The molecule has 1 saturated heterocycles. The second-order valence-electron chi connectivity index (χ2n) is 6.09. The lowest BCUT2D eigenvalue weighted by Crippen LogP contribution is -2.58. The van der Waals surface area contributed by atoms with Gasteiger partial charge in [0.15, 0.2) is 0 Å². The fourth-order valence-electron chi connectivity index (χ4n) is 2.50. The lowest BCUT2D eigenvalue weighted by Gasteiger charge is -2.41. The highest BCUT2D eigenvalue weighted by atomic mass is 16.2. The topological polar surface area (TPSA) is 66.6 Å². The third kappa shape index (κ3) is 4.20. The molecule has 0 aromatic carbocycles. The first-order valence-corrected chi connectivity index (χ1v) is 7.72. The molecule has 0 aliphatic carbocycles. The van der Waals surface area contributed by atoms with Crippen molar-refractivity contribution < 1.29 is 9.59 Å². The van der Waals surface area contributed by atoms with E-state index in [-0.39, 0.29) is 23.8 Å². The largest absolute Gasteiger partial charge is 0.338 e. The molecule has 0 spiro atoms. The minimum atomic E-state index is -0.440. The summed E-state index contributed by atoms with van der Waals surface area (Å²) in [5.41, 5.74) is 5.92. The molecule has 1 heterocycles. The quantitative estimate of drug-likeness (QED) is 0.825. The van der Waals surface area contributed by atoms with Crippen molar-refractivity contribution in [1.82, 2.24) is 9.80 Å². The molecule has 1 aliphatic rings. The van der Waals surface area contributed by atoms with Crippen LogP contribution in [0.25, 0.3) is 0 Å². The van der Waals surface area contributed by atoms with Crippen LogP contribution in [-0.4, -0.2) is 53.3 Å². The van der Waals surface area contributed by atoms with Gasteiger partial charge in [-0.3, -0.25) is 9.59 Å². The normalized spacial score (nSPS) is 21.2. The molecule has 0 aromatic rings. The number of unbranched alkanes of at least 4 members (excludes halogenated alkanes) is 1. The number of amides is 2. The van der Waals surface area contributed by atoms with Crippen LogP contribution in [0.1, 0.15) is 47.0 Å². The van der Waals surface area contributed by atoms with E-state index in [1.165, 1.54) is 0 Å². The summed E-state index contributed by atoms with van der Waals surface area (Å²) in [4.78, 5) is 28.0. The maximum Gasteiger partial charge on any atom is 0.239 e. The van der Waals surface area contributed by atoms with Crippen LogP contribution in [0.4, 0.5) is 0 Å². The van der Waals surface area contributed by atoms with E-state index in [1.54, 1.807) is 4.90 Å². The number of carbonyl (C=O) groups excluding carboxylic acids is 2. The summed E-state index contributed by atoms with van der Waals surface area (Å²) in [6.45, 7) is 9.82. The molecule has 0 bridgehead atoms. The van der Waals surface area contributed by atoms with Crippen molar-refractivity contribution in [2.45, 2.75) is 59.0 Å². The third-order valence-electron chi connectivity index (χ3n) is 4.01. The molecule has 2 amide bonds. The van der Waals surface area contributed by atoms with Gasteiger partial charge in [0, 0.05) is 32.1 Å². The summed E-state index contributed by atoms with van der Waals surface area (Å²) >= 11 is 0. The minimum absolute atomic E-state index is 0.00695. The number of piperazine rings is 1. The molecule has 1 rings (SSSR count). The first-order chi connectivity index (χ1) is 9.38. The summed E-state index contributed by atoms with van der Waals surface area (Å²) in [6.07, 6.45) is 2.57. The first kappa shape index (κ1) is 17.0. The molecule has 1 fully saturated rings. The summed E-state index contributed by atoms with van der Waals surface area (Å²) in [7, 11) is 0. The first-order valence-electron chi connectivity index (χ1n) is 7.72. The van der Waals surface area contributed by atoms with Gasteiger partial charge in [-0.25, -0.2) is 0 Å². The van der Waals surface area contributed by atoms with Crippen LogP contribution in [0.3, 0.4) is 0 Å². The van der Waals surface area contributed by atoms with E-state index in [2.05, 4.69) is 6.92 Å². The molecule has 0 radical (unpaired) electrons. The molecule has 0 saturated carbocycles. The molecular formula is C15H29N3O2. The Morgan fingerprint density at radius 3 is 2.45 bits per heavy atom. The van der Waals surface area contributed by atoms with Crippen molar-refractivity contribution in [3.8, 4) is 0 Å². The zero-order valence-corrected chi connectivity index (χ0v) is 13.3. The maximum atomic E-state index is 12.2. The van der Waals surface area contributed by atoms with Gasteiger partial charge in [-0.2, -0.15) is 0 Å². The van der Waals surface area contributed by atoms with Crippen molar-refractivity contribution in [1.29, 1.82) is 0 Å². The van der Waals surface area contributed by atoms with Crippen LogP contribution in [0.15, 0.2) is 0 Å². The zero-order valence-electron chi connectivity index (χ0n) is 13.3. The van der Waals surface area contributed by atoms with E-state index >= 15 is 0 Å². The van der Waals surface area contributed by atoms with Crippen LogP contribution in [0, 0.1) is 5.92 Å². The Morgan fingerprint density at radius 2 is 1.95 bits per heavy atom. The fraction of sp³-hybridized carbons (Fsp3) is 0.867. The Kier molecular flexibility index (Phi) is 6.46. The second-order valence-corrected chi connectivity index (χ2v) is 6.09. The number of hydrogen-bond acceptors (Lipinski definition) is 3. The van der Waals surface area contributed by atoms with Gasteiger partial charge in [-0.1, -0.05) is 27.2 Å². The maximum absolute atomic E-state index is 12.2. The van der Waals surface area contributed by atoms with Crippen LogP contribution in [-0.2, 0) is 9.59 Å². The van der Waals surface area contributed by atoms with Gasteiger partial charge in [-0.15, -0.1) is 0 Å². The molecule has 116 valence electrons. The number of hydrogen-bond donors (Lipinski definition) is 1. The van der Waals surface area contributed by atoms with Gasteiger partial charge in [-0.05, 0) is 19.3 Å². The Hall–Kier alpha value is -1.10. The summed E-state index contributed by atoms with van der Waals surface area (Å²) in [5.74, 6) is 0.356. The predicted molar refractivity (Wildman–Crippen MR) is 80.1 cm³/mol. The molecule has 2 atom stereocenters. The smallest absolute Gasteiger partial charge is 0.239 e. The van der Waals surface area contributed by atoms with Crippen molar-refractivity contribution in [3.05, 3.63) is 0 Å². The summed E-state index contributed by atoms with van der Waals surface area (Å²) < 4.78 is 0. The van der Waals surface area contributed by atoms with Gasteiger partial charge in [0.05, 0.1) is 6.04 Å². The van der Waals surface area contributed by atoms with E-state index in [9.17, 15) is 9.59 Å². The molecule has 2 unspecified atom stereocenters. The molecule has 1 aliphatic heterocycles. The van der Waals surface area contributed by atoms with Gasteiger partial charge in [0.2, 0.25) is 11.8 Å². The average molecular weight is 283 g/mol. The molecule has 5 nitrogen and oxygen atoms in total. The minimum Gasteiger partial charge on any atom is -0.338 e. The molecule has 2 N–H and O–H groups in total. The van der Waals surface area contributed by atoms with Gasteiger partial charge >= 0.3 is 0 Å². The van der Waals surface area contributed by atoms with E-state index in [1.807, 2.05) is 25.7 Å². The highest BCUT2D eigenvalue weighted by molar-refractivity contribution is 5.82. The van der Waals surface area contributed by atoms with Crippen LogP contribution in [0.5, 0.6) is 0 Å². The van der Waals surface area contributed by atoms with Crippen molar-refractivity contribution in [2.75, 3.05) is 19.6 Å². The van der Waals surface area contributed by atoms with Crippen LogP contribution in [0.2, 0.25) is 0 Å². The van der Waals surface area contributed by atoms with Crippen molar-refractivity contribution in [3.63, 3.8) is 0 Å². The van der Waals surface area contributed by atoms with E-state index in [4.69, 9.17) is 5.73 Å². The Labute approximate surface area is 122 Å². The van der Waals surface area contributed by atoms with E-state index < -0.39 is 6.04 Å². The molecule has 20 heavy (non-hydrogen) atoms. The monoisotopic (exact) mass is 283 g/mol. The number of carbonyl (C=O) groups is 2. The van der Waals surface area contributed by atoms with Crippen molar-refractivity contribution in [2.24, 2.45) is 11.7 Å². The second kappa shape index (κ2) is 7.62. The van der Waals surface area contributed by atoms with Crippen LogP contribution < -0.4 is 5.73 Å². The Morgan fingerprint density at radius 1 is 1.30 bits per heavy atom.